The van der Waals surface area contributed by atoms with E-state index in [9.17, 15) is 13.6 Å². The van der Waals surface area contributed by atoms with Crippen LogP contribution in [0.4, 0.5) is 8.78 Å². The SMILES string of the molecule is O=C(NC1CCC(F)(F)CC1)c1ccc(Cl)cc1I. The van der Waals surface area contributed by atoms with E-state index in [1.165, 1.54) is 0 Å². The van der Waals surface area contributed by atoms with Crippen LogP contribution in [0, 0.1) is 3.57 Å². The highest BCUT2D eigenvalue weighted by atomic mass is 127. The van der Waals surface area contributed by atoms with Gasteiger partial charge < -0.3 is 5.32 Å². The second kappa shape index (κ2) is 5.91. The number of alkyl halides is 2. The maximum Gasteiger partial charge on any atom is 0.252 e. The van der Waals surface area contributed by atoms with Gasteiger partial charge in [-0.2, -0.15) is 0 Å². The summed E-state index contributed by atoms with van der Waals surface area (Å²) < 4.78 is 26.8. The molecule has 1 aliphatic rings. The number of benzene rings is 1. The summed E-state index contributed by atoms with van der Waals surface area (Å²) in [6.07, 6.45) is 0.330. The fourth-order valence-electron chi connectivity index (χ4n) is 2.12. The number of carbonyl (C=O) groups excluding carboxylic acids is 1. The molecular weight excluding hydrogens is 387 g/mol. The van der Waals surface area contributed by atoms with Crippen molar-refractivity contribution in [2.75, 3.05) is 0 Å². The van der Waals surface area contributed by atoms with Crippen LogP contribution in [0.3, 0.4) is 0 Å². The van der Waals surface area contributed by atoms with Gasteiger partial charge in [0.15, 0.2) is 0 Å². The van der Waals surface area contributed by atoms with Crippen LogP contribution >= 0.6 is 34.2 Å². The minimum atomic E-state index is -2.57. The quantitative estimate of drug-likeness (QED) is 0.740. The van der Waals surface area contributed by atoms with E-state index < -0.39 is 5.92 Å². The molecule has 0 aromatic heterocycles. The summed E-state index contributed by atoms with van der Waals surface area (Å²) in [7, 11) is 0. The van der Waals surface area contributed by atoms with Crippen molar-refractivity contribution in [3.8, 4) is 0 Å². The molecule has 1 aliphatic carbocycles. The van der Waals surface area contributed by atoms with E-state index in [4.69, 9.17) is 11.6 Å². The molecule has 0 bridgehead atoms. The molecule has 1 aromatic rings. The van der Waals surface area contributed by atoms with Crippen LogP contribution in [0.15, 0.2) is 18.2 Å². The van der Waals surface area contributed by atoms with E-state index in [1.807, 2.05) is 22.6 Å². The first-order chi connectivity index (χ1) is 8.87. The van der Waals surface area contributed by atoms with Gasteiger partial charge in [0, 0.05) is 27.5 Å². The van der Waals surface area contributed by atoms with Gasteiger partial charge in [-0.3, -0.25) is 4.79 Å². The van der Waals surface area contributed by atoms with Gasteiger partial charge in [-0.25, -0.2) is 8.78 Å². The highest BCUT2D eigenvalue weighted by molar-refractivity contribution is 14.1. The van der Waals surface area contributed by atoms with E-state index >= 15 is 0 Å². The normalized spacial score (nSPS) is 19.2. The number of nitrogens with one attached hydrogen (secondary N) is 1. The number of carbonyl (C=O) groups is 1. The molecule has 19 heavy (non-hydrogen) atoms. The van der Waals surface area contributed by atoms with Crippen LogP contribution in [0.25, 0.3) is 0 Å². The van der Waals surface area contributed by atoms with Gasteiger partial charge >= 0.3 is 0 Å². The second-order valence-corrected chi connectivity index (χ2v) is 6.33. The predicted molar refractivity (Wildman–Crippen MR) is 78.8 cm³/mol. The summed E-state index contributed by atoms with van der Waals surface area (Å²) in [5.74, 6) is -2.80. The third-order valence-corrected chi connectivity index (χ3v) is 4.36. The average molecular weight is 400 g/mol. The van der Waals surface area contributed by atoms with Crippen LogP contribution in [0.1, 0.15) is 36.0 Å². The van der Waals surface area contributed by atoms with Crippen molar-refractivity contribution in [2.24, 2.45) is 0 Å². The zero-order chi connectivity index (χ0) is 14.0. The molecule has 0 atom stereocenters. The second-order valence-electron chi connectivity index (χ2n) is 4.73. The molecule has 1 amide bonds. The van der Waals surface area contributed by atoms with Crippen molar-refractivity contribution in [3.05, 3.63) is 32.4 Å². The standard InChI is InChI=1S/C13H13ClF2INO/c14-8-1-2-10(11(17)7-8)12(19)18-9-3-5-13(15,16)6-4-9/h1-2,7,9H,3-6H2,(H,18,19). The number of hydrogen-bond donors (Lipinski definition) is 1. The first-order valence-electron chi connectivity index (χ1n) is 6.01. The van der Waals surface area contributed by atoms with Gasteiger partial charge in [0.2, 0.25) is 5.92 Å². The fraction of sp³-hybridized carbons (Fsp3) is 0.462. The fourth-order valence-corrected chi connectivity index (χ4v) is 3.24. The summed E-state index contributed by atoms with van der Waals surface area (Å²) in [5, 5.41) is 3.38. The van der Waals surface area contributed by atoms with Gasteiger partial charge in [-0.15, -0.1) is 0 Å². The van der Waals surface area contributed by atoms with Crippen molar-refractivity contribution in [3.63, 3.8) is 0 Å². The smallest absolute Gasteiger partial charge is 0.252 e. The molecule has 0 spiro atoms. The lowest BCUT2D eigenvalue weighted by Gasteiger charge is -2.28. The van der Waals surface area contributed by atoms with Crippen LogP contribution in [-0.2, 0) is 0 Å². The molecule has 2 rings (SSSR count). The van der Waals surface area contributed by atoms with E-state index in [1.54, 1.807) is 18.2 Å². The maximum absolute atomic E-state index is 13.0. The molecule has 1 fully saturated rings. The molecule has 1 aromatic carbocycles. The van der Waals surface area contributed by atoms with E-state index in [-0.39, 0.29) is 24.8 Å². The van der Waals surface area contributed by atoms with Crippen molar-refractivity contribution in [1.29, 1.82) is 0 Å². The molecular formula is C13H13ClF2INO. The van der Waals surface area contributed by atoms with E-state index in [0.29, 0.717) is 23.4 Å². The lowest BCUT2D eigenvalue weighted by molar-refractivity contribution is -0.0399. The molecule has 1 N–H and O–H groups in total. The van der Waals surface area contributed by atoms with Crippen molar-refractivity contribution in [2.45, 2.75) is 37.6 Å². The van der Waals surface area contributed by atoms with E-state index in [2.05, 4.69) is 5.32 Å². The largest absolute Gasteiger partial charge is 0.349 e. The molecule has 0 heterocycles. The van der Waals surface area contributed by atoms with Gasteiger partial charge in [-0.05, 0) is 53.6 Å². The van der Waals surface area contributed by atoms with Crippen molar-refractivity contribution >= 4 is 40.1 Å². The van der Waals surface area contributed by atoms with Gasteiger partial charge in [0.05, 0.1) is 5.56 Å². The van der Waals surface area contributed by atoms with Gasteiger partial charge in [0.1, 0.15) is 0 Å². The third kappa shape index (κ3) is 4.02. The summed E-state index contributed by atoms with van der Waals surface area (Å²) in [6.45, 7) is 0. The monoisotopic (exact) mass is 399 g/mol. The Morgan fingerprint density at radius 1 is 1.37 bits per heavy atom. The maximum atomic E-state index is 13.0. The van der Waals surface area contributed by atoms with Crippen LogP contribution in [0.2, 0.25) is 5.02 Å². The molecule has 0 saturated heterocycles. The Balaban J connectivity index is 1.98. The number of rotatable bonds is 2. The summed E-state index contributed by atoms with van der Waals surface area (Å²) >= 11 is 7.86. The third-order valence-electron chi connectivity index (χ3n) is 3.23. The average Bonchev–Trinajstić information content (AvgIpc) is 2.31. The molecule has 1 saturated carbocycles. The first kappa shape index (κ1) is 15.0. The summed E-state index contributed by atoms with van der Waals surface area (Å²) in [6, 6.07) is 4.83. The zero-order valence-corrected chi connectivity index (χ0v) is 13.0. The molecule has 6 heteroatoms. The molecule has 0 unspecified atom stereocenters. The Bertz CT molecular complexity index is 486. The Hall–Kier alpha value is -0.430. The van der Waals surface area contributed by atoms with Crippen LogP contribution < -0.4 is 5.32 Å². The molecule has 2 nitrogen and oxygen atoms in total. The predicted octanol–water partition coefficient (Wildman–Crippen LogP) is 4.25. The summed E-state index contributed by atoms with van der Waals surface area (Å²) in [4.78, 5) is 12.1. The van der Waals surface area contributed by atoms with Crippen LogP contribution in [-0.4, -0.2) is 17.9 Å². The highest BCUT2D eigenvalue weighted by Crippen LogP contribution is 2.33. The Kier molecular flexibility index (Phi) is 4.66. The topological polar surface area (TPSA) is 29.1 Å². The minimum Gasteiger partial charge on any atom is -0.349 e. The molecule has 0 aliphatic heterocycles. The first-order valence-corrected chi connectivity index (χ1v) is 7.47. The minimum absolute atomic E-state index is 0.157. The Labute approximate surface area is 129 Å². The van der Waals surface area contributed by atoms with Crippen molar-refractivity contribution in [1.82, 2.24) is 5.32 Å². The summed E-state index contributed by atoms with van der Waals surface area (Å²) in [5.41, 5.74) is 0.530. The van der Waals surface area contributed by atoms with Gasteiger partial charge in [-0.1, -0.05) is 11.6 Å². The Morgan fingerprint density at radius 2 is 2.00 bits per heavy atom. The lowest BCUT2D eigenvalue weighted by atomic mass is 9.92. The molecule has 104 valence electrons. The number of hydrogen-bond acceptors (Lipinski definition) is 1. The number of halogens is 4. The van der Waals surface area contributed by atoms with Gasteiger partial charge in [0.25, 0.3) is 5.91 Å². The Morgan fingerprint density at radius 3 is 2.58 bits per heavy atom. The van der Waals surface area contributed by atoms with Crippen LogP contribution in [0.5, 0.6) is 0 Å². The number of amides is 1. The van der Waals surface area contributed by atoms with Crippen molar-refractivity contribution < 1.29 is 13.6 Å². The zero-order valence-electron chi connectivity index (χ0n) is 10.1. The lowest BCUT2D eigenvalue weighted by Crippen LogP contribution is -2.40. The molecule has 0 radical (unpaired) electrons. The highest BCUT2D eigenvalue weighted by Gasteiger charge is 2.35. The van der Waals surface area contributed by atoms with E-state index in [0.717, 1.165) is 3.57 Å².